The second kappa shape index (κ2) is 12.4. The Hall–Kier alpha value is -2.81. The fourth-order valence-corrected chi connectivity index (χ4v) is 4.68. The van der Waals surface area contributed by atoms with Crippen LogP contribution in [0, 0.1) is 11.8 Å². The Kier molecular flexibility index (Phi) is 9.35. The Morgan fingerprint density at radius 1 is 0.697 bits per heavy atom. The summed E-state index contributed by atoms with van der Waals surface area (Å²) >= 11 is 0. The molecule has 0 radical (unpaired) electrons. The van der Waals surface area contributed by atoms with E-state index in [0.717, 1.165) is 44.6 Å². The minimum atomic E-state index is 0.0467. The van der Waals surface area contributed by atoms with Gasteiger partial charge in [-0.15, -0.1) is 0 Å². The van der Waals surface area contributed by atoms with E-state index in [4.69, 9.17) is 0 Å². The van der Waals surface area contributed by atoms with Crippen molar-refractivity contribution in [3.8, 4) is 0 Å². The summed E-state index contributed by atoms with van der Waals surface area (Å²) in [6, 6.07) is 17.4. The van der Waals surface area contributed by atoms with Gasteiger partial charge >= 0.3 is 0 Å². The first kappa shape index (κ1) is 24.8. The molecule has 2 unspecified atom stereocenters. The molecule has 0 aliphatic heterocycles. The Balaban J connectivity index is 1.52. The number of ketones is 1. The molecule has 2 atom stereocenters. The van der Waals surface area contributed by atoms with Gasteiger partial charge in [0.2, 0.25) is 0 Å². The highest BCUT2D eigenvalue weighted by Gasteiger charge is 2.25. The van der Waals surface area contributed by atoms with Crippen molar-refractivity contribution in [1.29, 1.82) is 0 Å². The molecule has 0 spiro atoms. The van der Waals surface area contributed by atoms with E-state index in [1.54, 1.807) is 0 Å². The van der Waals surface area contributed by atoms with Gasteiger partial charge in [-0.05, 0) is 81.8 Å². The summed E-state index contributed by atoms with van der Waals surface area (Å²) in [5, 5.41) is 0. The molecule has 0 saturated heterocycles. The van der Waals surface area contributed by atoms with Crippen molar-refractivity contribution in [1.82, 2.24) is 0 Å². The van der Waals surface area contributed by atoms with Crippen LogP contribution in [0.5, 0.6) is 0 Å². The molecular formula is C30H40N2O. The van der Waals surface area contributed by atoms with Gasteiger partial charge in [-0.25, -0.2) is 0 Å². The number of rotatable bonds is 10. The predicted molar refractivity (Wildman–Crippen MR) is 144 cm³/mol. The third-order valence-corrected chi connectivity index (χ3v) is 6.85. The lowest BCUT2D eigenvalue weighted by Gasteiger charge is -2.23. The standard InChI is InChI=1S/C30H40N2O/c1-5-31(6-2)28-19-13-24(14-20-28)9-10-26-12-18-27(30(33)23-26)17-11-25-15-21-29(22-16-25)32(7-3)8-4/h9-11,13-17,19-22,26-27H,5-8,12,18,23H2,1-4H3. The molecule has 3 nitrogen and oxygen atoms in total. The van der Waals surface area contributed by atoms with Crippen molar-refractivity contribution >= 4 is 29.3 Å². The zero-order valence-corrected chi connectivity index (χ0v) is 20.8. The van der Waals surface area contributed by atoms with E-state index in [1.807, 2.05) is 0 Å². The highest BCUT2D eigenvalue weighted by molar-refractivity contribution is 5.85. The van der Waals surface area contributed by atoms with Crippen molar-refractivity contribution in [3.63, 3.8) is 0 Å². The van der Waals surface area contributed by atoms with Crippen LogP contribution in [-0.2, 0) is 4.79 Å². The summed E-state index contributed by atoms with van der Waals surface area (Å²) in [5.74, 6) is 0.757. The number of allylic oxidation sites excluding steroid dienone is 2. The first-order valence-corrected chi connectivity index (χ1v) is 12.7. The summed E-state index contributed by atoms with van der Waals surface area (Å²) in [6.07, 6.45) is 11.3. The molecule has 2 aromatic rings. The fraction of sp³-hybridized carbons (Fsp3) is 0.433. The average Bonchev–Trinajstić information content (AvgIpc) is 2.85. The number of carbonyl (C=O) groups is 1. The molecule has 2 aromatic carbocycles. The lowest BCUT2D eigenvalue weighted by molar-refractivity contribution is -0.123. The van der Waals surface area contributed by atoms with Crippen LogP contribution in [0.1, 0.15) is 58.1 Å². The monoisotopic (exact) mass is 444 g/mol. The second-order valence-electron chi connectivity index (χ2n) is 8.86. The highest BCUT2D eigenvalue weighted by atomic mass is 16.1. The fourth-order valence-electron chi connectivity index (χ4n) is 4.68. The lowest BCUT2D eigenvalue weighted by Crippen LogP contribution is -2.22. The molecule has 1 aliphatic rings. The topological polar surface area (TPSA) is 23.6 Å². The summed E-state index contributed by atoms with van der Waals surface area (Å²) < 4.78 is 0. The van der Waals surface area contributed by atoms with E-state index in [2.05, 4.69) is 110 Å². The van der Waals surface area contributed by atoms with Crippen LogP contribution in [0.25, 0.3) is 12.2 Å². The Labute approximate surface area is 200 Å². The Morgan fingerprint density at radius 3 is 1.58 bits per heavy atom. The molecule has 176 valence electrons. The minimum absolute atomic E-state index is 0.0467. The molecule has 0 N–H and O–H groups in total. The van der Waals surface area contributed by atoms with E-state index in [-0.39, 0.29) is 5.92 Å². The number of hydrogen-bond donors (Lipinski definition) is 0. The molecule has 0 aromatic heterocycles. The number of anilines is 2. The summed E-state index contributed by atoms with van der Waals surface area (Å²) in [5.41, 5.74) is 4.88. The molecule has 3 heteroatoms. The first-order chi connectivity index (χ1) is 16.1. The average molecular weight is 445 g/mol. The smallest absolute Gasteiger partial charge is 0.140 e. The second-order valence-corrected chi connectivity index (χ2v) is 8.86. The summed E-state index contributed by atoms with van der Waals surface area (Å²) in [6.45, 7) is 12.8. The minimum Gasteiger partial charge on any atom is -0.372 e. The third-order valence-electron chi connectivity index (χ3n) is 6.85. The Morgan fingerprint density at radius 2 is 1.15 bits per heavy atom. The predicted octanol–water partition coefficient (Wildman–Crippen LogP) is 7.09. The van der Waals surface area contributed by atoms with Crippen LogP contribution in [0.2, 0.25) is 0 Å². The number of nitrogens with zero attached hydrogens (tertiary/aromatic N) is 2. The number of Topliss-reactive ketones (excluding diaryl/α,β-unsaturated/α-hetero) is 1. The number of carbonyl (C=O) groups excluding carboxylic acids is 1. The van der Waals surface area contributed by atoms with Crippen molar-refractivity contribution in [3.05, 3.63) is 71.8 Å². The maximum absolute atomic E-state index is 12.7. The van der Waals surface area contributed by atoms with E-state index in [1.165, 1.54) is 16.9 Å². The van der Waals surface area contributed by atoms with Gasteiger partial charge < -0.3 is 9.80 Å². The van der Waals surface area contributed by atoms with Crippen LogP contribution in [0.15, 0.2) is 60.7 Å². The number of hydrogen-bond acceptors (Lipinski definition) is 3. The van der Waals surface area contributed by atoms with E-state index in [0.29, 0.717) is 18.1 Å². The normalized spacial score (nSPS) is 18.8. The van der Waals surface area contributed by atoms with Crippen LogP contribution in [0.4, 0.5) is 11.4 Å². The lowest BCUT2D eigenvalue weighted by atomic mass is 9.80. The van der Waals surface area contributed by atoms with Gasteiger partial charge in [0.15, 0.2) is 0 Å². The molecule has 0 amide bonds. The molecule has 3 rings (SSSR count). The van der Waals surface area contributed by atoms with Gasteiger partial charge in [0.05, 0.1) is 0 Å². The van der Waals surface area contributed by atoms with E-state index >= 15 is 0 Å². The third kappa shape index (κ3) is 6.83. The van der Waals surface area contributed by atoms with Gasteiger partial charge in [0.25, 0.3) is 0 Å². The SMILES string of the molecule is CCN(CC)c1ccc(C=CC2CCC(C=Cc3ccc(N(CC)CC)cc3)C(=O)C2)cc1. The van der Waals surface area contributed by atoms with Gasteiger partial charge in [-0.1, -0.05) is 48.6 Å². The van der Waals surface area contributed by atoms with Crippen molar-refractivity contribution < 1.29 is 4.79 Å². The van der Waals surface area contributed by atoms with Gasteiger partial charge in [-0.2, -0.15) is 0 Å². The molecule has 33 heavy (non-hydrogen) atoms. The molecule has 1 saturated carbocycles. The van der Waals surface area contributed by atoms with Crippen molar-refractivity contribution in [2.75, 3.05) is 36.0 Å². The summed E-state index contributed by atoms with van der Waals surface area (Å²) in [7, 11) is 0. The van der Waals surface area contributed by atoms with Gasteiger partial charge in [0, 0.05) is 49.9 Å². The maximum atomic E-state index is 12.7. The van der Waals surface area contributed by atoms with Crippen LogP contribution in [0.3, 0.4) is 0 Å². The van der Waals surface area contributed by atoms with Crippen LogP contribution < -0.4 is 9.80 Å². The quantitative estimate of drug-likeness (QED) is 0.391. The van der Waals surface area contributed by atoms with E-state index in [9.17, 15) is 4.79 Å². The van der Waals surface area contributed by atoms with Gasteiger partial charge in [0.1, 0.15) is 5.78 Å². The molecule has 1 fully saturated rings. The zero-order chi connectivity index (χ0) is 23.6. The Bertz CT molecular complexity index is 919. The van der Waals surface area contributed by atoms with Gasteiger partial charge in [-0.3, -0.25) is 4.79 Å². The molecular weight excluding hydrogens is 404 g/mol. The van der Waals surface area contributed by atoms with Crippen LogP contribution >= 0.6 is 0 Å². The largest absolute Gasteiger partial charge is 0.372 e. The van der Waals surface area contributed by atoms with E-state index < -0.39 is 0 Å². The summed E-state index contributed by atoms with van der Waals surface area (Å²) in [4.78, 5) is 17.4. The molecule has 1 aliphatic carbocycles. The van der Waals surface area contributed by atoms with Crippen molar-refractivity contribution in [2.24, 2.45) is 11.8 Å². The van der Waals surface area contributed by atoms with Crippen molar-refractivity contribution in [2.45, 2.75) is 47.0 Å². The maximum Gasteiger partial charge on any atom is 0.140 e. The zero-order valence-electron chi connectivity index (χ0n) is 20.8. The number of benzene rings is 2. The molecule has 0 heterocycles. The first-order valence-electron chi connectivity index (χ1n) is 12.7. The van der Waals surface area contributed by atoms with Crippen LogP contribution in [-0.4, -0.2) is 32.0 Å². The molecule has 0 bridgehead atoms. The highest BCUT2D eigenvalue weighted by Crippen LogP contribution is 2.29.